The first kappa shape index (κ1) is 18.7. The number of aromatic amines is 1. The van der Waals surface area contributed by atoms with Gasteiger partial charge in [0.15, 0.2) is 5.78 Å². The molecule has 0 aliphatic heterocycles. The average molecular weight is 389 g/mol. The maximum Gasteiger partial charge on any atom is 0.193 e. The van der Waals surface area contributed by atoms with Gasteiger partial charge in [-0.1, -0.05) is 6.07 Å². The van der Waals surface area contributed by atoms with Crippen molar-refractivity contribution in [3.05, 3.63) is 95.9 Å². The van der Waals surface area contributed by atoms with E-state index < -0.39 is 0 Å². The molecule has 0 amide bonds. The lowest BCUT2D eigenvalue weighted by Crippen LogP contribution is -2.05. The summed E-state index contributed by atoms with van der Waals surface area (Å²) in [6.07, 6.45) is 2.63. The Bertz CT molecular complexity index is 1100. The molecular weight excluding hydrogens is 369 g/mol. The van der Waals surface area contributed by atoms with E-state index in [9.17, 15) is 9.18 Å². The molecule has 0 fully saturated rings. The minimum Gasteiger partial charge on any atom is -0.493 e. The summed E-state index contributed by atoms with van der Waals surface area (Å²) in [5.41, 5.74) is 2.04. The van der Waals surface area contributed by atoms with E-state index in [0.717, 1.165) is 23.1 Å². The van der Waals surface area contributed by atoms with E-state index in [2.05, 4.69) is 4.98 Å². The fourth-order valence-corrected chi connectivity index (χ4v) is 3.08. The Kier molecular flexibility index (Phi) is 5.56. The molecule has 5 heteroatoms. The third-order valence-corrected chi connectivity index (χ3v) is 4.59. The van der Waals surface area contributed by atoms with Crippen molar-refractivity contribution in [1.29, 1.82) is 0 Å². The van der Waals surface area contributed by atoms with Gasteiger partial charge in [-0.2, -0.15) is 0 Å². The molecule has 1 N–H and O–H groups in total. The van der Waals surface area contributed by atoms with Crippen LogP contribution in [0.1, 0.15) is 22.3 Å². The molecule has 0 aliphatic rings. The molecule has 0 atom stereocenters. The molecule has 0 saturated carbocycles. The smallest absolute Gasteiger partial charge is 0.193 e. The number of halogens is 1. The number of ketones is 1. The lowest BCUT2D eigenvalue weighted by Gasteiger charge is -2.09. The lowest BCUT2D eigenvalue weighted by atomic mass is 10.0. The monoisotopic (exact) mass is 389 g/mol. The minimum absolute atomic E-state index is 0.149. The van der Waals surface area contributed by atoms with Gasteiger partial charge in [0, 0.05) is 34.6 Å². The van der Waals surface area contributed by atoms with Crippen molar-refractivity contribution in [3.63, 3.8) is 0 Å². The molecule has 3 aromatic carbocycles. The number of benzene rings is 3. The van der Waals surface area contributed by atoms with Crippen molar-refractivity contribution in [2.75, 3.05) is 13.2 Å². The highest BCUT2D eigenvalue weighted by Crippen LogP contribution is 2.24. The molecule has 4 rings (SSSR count). The number of nitrogens with one attached hydrogen (secondary N) is 1. The zero-order chi connectivity index (χ0) is 20.1. The Balaban J connectivity index is 1.25. The predicted molar refractivity (Wildman–Crippen MR) is 110 cm³/mol. The highest BCUT2D eigenvalue weighted by atomic mass is 19.1. The molecule has 0 aliphatic carbocycles. The number of ether oxygens (including phenoxy) is 2. The summed E-state index contributed by atoms with van der Waals surface area (Å²) in [6.45, 7) is 1.06. The van der Waals surface area contributed by atoms with Gasteiger partial charge in [-0.05, 0) is 66.7 Å². The summed E-state index contributed by atoms with van der Waals surface area (Å²) >= 11 is 0. The second kappa shape index (κ2) is 8.61. The van der Waals surface area contributed by atoms with Crippen LogP contribution in [0, 0.1) is 5.82 Å². The summed E-state index contributed by atoms with van der Waals surface area (Å²) in [5, 5.41) is 1.06. The van der Waals surface area contributed by atoms with Gasteiger partial charge in [0.1, 0.15) is 17.3 Å². The lowest BCUT2D eigenvalue weighted by molar-refractivity contribution is 0.103. The van der Waals surface area contributed by atoms with Crippen LogP contribution in [0.25, 0.3) is 10.9 Å². The molecule has 0 spiro atoms. The molecule has 4 aromatic rings. The fourth-order valence-electron chi connectivity index (χ4n) is 3.08. The zero-order valence-electron chi connectivity index (χ0n) is 15.7. The quantitative estimate of drug-likeness (QED) is 0.325. The van der Waals surface area contributed by atoms with E-state index in [1.165, 1.54) is 24.3 Å². The van der Waals surface area contributed by atoms with Crippen molar-refractivity contribution in [2.45, 2.75) is 6.42 Å². The van der Waals surface area contributed by atoms with Crippen LogP contribution in [-0.4, -0.2) is 24.0 Å². The molecular formula is C24H20FNO3. The highest BCUT2D eigenvalue weighted by molar-refractivity contribution is 6.09. The molecule has 1 heterocycles. The van der Waals surface area contributed by atoms with Crippen LogP contribution in [0.4, 0.5) is 4.39 Å². The second-order valence-electron chi connectivity index (χ2n) is 6.61. The van der Waals surface area contributed by atoms with E-state index >= 15 is 0 Å². The largest absolute Gasteiger partial charge is 0.493 e. The third kappa shape index (κ3) is 4.46. The number of hydrogen-bond donors (Lipinski definition) is 1. The minimum atomic E-state index is -0.362. The van der Waals surface area contributed by atoms with Crippen molar-refractivity contribution in [2.24, 2.45) is 0 Å². The summed E-state index contributed by atoms with van der Waals surface area (Å²) in [4.78, 5) is 15.6. The standard InChI is InChI=1S/C24H20FNO3/c25-19-9-5-17(6-10-19)24(27)18-7-11-20(12-8-18)28-15-2-16-29-23-4-1-3-22-21(23)13-14-26-22/h1,3-14,26H,2,15-16H2. The Morgan fingerprint density at radius 3 is 2.28 bits per heavy atom. The fraction of sp³-hybridized carbons (Fsp3) is 0.125. The third-order valence-electron chi connectivity index (χ3n) is 4.59. The summed E-state index contributed by atoms with van der Waals surface area (Å²) in [6, 6.07) is 20.4. The molecule has 146 valence electrons. The van der Waals surface area contributed by atoms with Gasteiger partial charge in [0.25, 0.3) is 0 Å². The normalized spacial score (nSPS) is 10.8. The van der Waals surface area contributed by atoms with E-state index in [1.54, 1.807) is 24.3 Å². The number of carbonyl (C=O) groups excluding carboxylic acids is 1. The molecule has 0 bridgehead atoms. The molecule has 0 saturated heterocycles. The zero-order valence-corrected chi connectivity index (χ0v) is 15.7. The van der Waals surface area contributed by atoms with Gasteiger partial charge in [-0.3, -0.25) is 4.79 Å². The van der Waals surface area contributed by atoms with Gasteiger partial charge in [-0.15, -0.1) is 0 Å². The van der Waals surface area contributed by atoms with Crippen molar-refractivity contribution in [1.82, 2.24) is 4.98 Å². The predicted octanol–water partition coefficient (Wildman–Crippen LogP) is 5.39. The number of H-pyrrole nitrogens is 1. The van der Waals surface area contributed by atoms with E-state index in [4.69, 9.17) is 9.47 Å². The molecule has 0 radical (unpaired) electrons. The first-order valence-corrected chi connectivity index (χ1v) is 9.43. The van der Waals surface area contributed by atoms with Crippen LogP contribution in [-0.2, 0) is 0 Å². The van der Waals surface area contributed by atoms with E-state index in [-0.39, 0.29) is 11.6 Å². The van der Waals surface area contributed by atoms with Crippen LogP contribution >= 0.6 is 0 Å². The number of aromatic nitrogens is 1. The molecule has 1 aromatic heterocycles. The van der Waals surface area contributed by atoms with Crippen LogP contribution in [0.2, 0.25) is 0 Å². The Hall–Kier alpha value is -3.60. The highest BCUT2D eigenvalue weighted by Gasteiger charge is 2.09. The number of fused-ring (bicyclic) bond motifs is 1. The van der Waals surface area contributed by atoms with Gasteiger partial charge in [0.05, 0.1) is 13.2 Å². The number of carbonyl (C=O) groups is 1. The molecule has 29 heavy (non-hydrogen) atoms. The van der Waals surface area contributed by atoms with Crippen LogP contribution < -0.4 is 9.47 Å². The summed E-state index contributed by atoms with van der Waals surface area (Å²) in [5.74, 6) is 1.03. The SMILES string of the molecule is O=C(c1ccc(F)cc1)c1ccc(OCCCOc2cccc3[nH]ccc23)cc1. The van der Waals surface area contributed by atoms with Gasteiger partial charge < -0.3 is 14.5 Å². The van der Waals surface area contributed by atoms with Crippen LogP contribution in [0.5, 0.6) is 11.5 Å². The van der Waals surface area contributed by atoms with E-state index in [0.29, 0.717) is 30.1 Å². The maximum atomic E-state index is 13.0. The van der Waals surface area contributed by atoms with Gasteiger partial charge in [-0.25, -0.2) is 4.39 Å². The number of rotatable bonds is 8. The topological polar surface area (TPSA) is 51.3 Å². The van der Waals surface area contributed by atoms with E-state index in [1.807, 2.05) is 30.5 Å². The van der Waals surface area contributed by atoms with Gasteiger partial charge in [0.2, 0.25) is 0 Å². The van der Waals surface area contributed by atoms with Crippen LogP contribution in [0.3, 0.4) is 0 Å². The van der Waals surface area contributed by atoms with Gasteiger partial charge >= 0.3 is 0 Å². The molecule has 0 unspecified atom stereocenters. The second-order valence-corrected chi connectivity index (χ2v) is 6.61. The Morgan fingerprint density at radius 1 is 0.828 bits per heavy atom. The maximum absolute atomic E-state index is 13.0. The summed E-state index contributed by atoms with van der Waals surface area (Å²) < 4.78 is 24.6. The number of hydrogen-bond acceptors (Lipinski definition) is 3. The first-order chi connectivity index (χ1) is 14.2. The Morgan fingerprint density at radius 2 is 1.52 bits per heavy atom. The van der Waals surface area contributed by atoms with Crippen LogP contribution in [0.15, 0.2) is 79.0 Å². The average Bonchev–Trinajstić information content (AvgIpc) is 3.24. The van der Waals surface area contributed by atoms with Crippen molar-refractivity contribution >= 4 is 16.7 Å². The first-order valence-electron chi connectivity index (χ1n) is 9.43. The summed E-state index contributed by atoms with van der Waals surface area (Å²) in [7, 11) is 0. The molecule has 4 nitrogen and oxygen atoms in total. The Labute approximate surface area is 167 Å². The van der Waals surface area contributed by atoms with Crippen molar-refractivity contribution < 1.29 is 18.7 Å². The van der Waals surface area contributed by atoms with Crippen molar-refractivity contribution in [3.8, 4) is 11.5 Å².